The summed E-state index contributed by atoms with van der Waals surface area (Å²) in [6.07, 6.45) is 1.53. The number of nitrogens with zero attached hydrogens (tertiary/aromatic N) is 3. The van der Waals surface area contributed by atoms with E-state index in [1.807, 2.05) is 48.5 Å². The van der Waals surface area contributed by atoms with Gasteiger partial charge in [0.15, 0.2) is 11.6 Å². The average molecular weight is 455 g/mol. The van der Waals surface area contributed by atoms with Crippen LogP contribution in [-0.2, 0) is 17.8 Å². The van der Waals surface area contributed by atoms with E-state index in [0.29, 0.717) is 49.4 Å². The Morgan fingerprint density at radius 3 is 2.24 bits per heavy atom. The first-order valence-electron chi connectivity index (χ1n) is 11.1. The van der Waals surface area contributed by atoms with Crippen LogP contribution in [0.4, 0.5) is 23.0 Å². The van der Waals surface area contributed by atoms with Gasteiger partial charge in [0.1, 0.15) is 24.4 Å². The lowest BCUT2D eigenvalue weighted by Gasteiger charge is -2.26. The quantitative estimate of drug-likeness (QED) is 0.314. The van der Waals surface area contributed by atoms with Crippen molar-refractivity contribution in [3.8, 4) is 5.75 Å². The maximum atomic E-state index is 6.59. The lowest BCUT2D eigenvalue weighted by atomic mass is 10.1. The molecule has 1 aromatic heterocycles. The minimum atomic E-state index is 0.460. The molecule has 0 bridgehead atoms. The van der Waals surface area contributed by atoms with Crippen molar-refractivity contribution in [3.63, 3.8) is 0 Å². The predicted molar refractivity (Wildman–Crippen MR) is 135 cm³/mol. The number of nitrogen functional groups attached to an aromatic ring is 1. The van der Waals surface area contributed by atoms with E-state index >= 15 is 0 Å². The fraction of sp³-hybridized carbons (Fsp3) is 0.185. The van der Waals surface area contributed by atoms with Gasteiger partial charge in [-0.05, 0) is 29.3 Å². The molecular weight excluding hydrogens is 426 g/mol. The summed E-state index contributed by atoms with van der Waals surface area (Å²) in [5.74, 6) is 1.88. The Morgan fingerprint density at radius 2 is 1.59 bits per heavy atom. The van der Waals surface area contributed by atoms with E-state index in [1.54, 1.807) is 13.2 Å². The minimum absolute atomic E-state index is 0.460. The molecule has 0 saturated heterocycles. The Hall–Kier alpha value is -4.10. The largest absolute Gasteiger partial charge is 0.491 e. The third kappa shape index (κ3) is 6.24. The van der Waals surface area contributed by atoms with E-state index in [1.165, 1.54) is 17.5 Å². The molecule has 0 spiro atoms. The number of methoxy groups -OCH3 is 1. The van der Waals surface area contributed by atoms with Crippen LogP contribution < -0.4 is 20.7 Å². The van der Waals surface area contributed by atoms with E-state index < -0.39 is 0 Å². The molecule has 173 valence electrons. The zero-order chi connectivity index (χ0) is 23.6. The van der Waals surface area contributed by atoms with Gasteiger partial charge in [-0.2, -0.15) is 0 Å². The molecule has 0 aliphatic heterocycles. The second kappa shape index (κ2) is 11.7. The molecule has 0 aliphatic rings. The van der Waals surface area contributed by atoms with Crippen LogP contribution in [0.15, 0.2) is 85.2 Å². The van der Waals surface area contributed by atoms with E-state index in [9.17, 15) is 0 Å². The van der Waals surface area contributed by atoms with Gasteiger partial charge >= 0.3 is 0 Å². The lowest BCUT2D eigenvalue weighted by molar-refractivity contribution is 0.146. The van der Waals surface area contributed by atoms with Gasteiger partial charge in [-0.1, -0.05) is 60.7 Å². The summed E-state index contributed by atoms with van der Waals surface area (Å²) in [5, 5.41) is 3.28. The molecule has 7 heteroatoms. The molecule has 1 radical (unpaired) electrons. The van der Waals surface area contributed by atoms with E-state index in [2.05, 4.69) is 50.5 Å². The van der Waals surface area contributed by atoms with E-state index in [4.69, 9.17) is 15.2 Å². The highest BCUT2D eigenvalue weighted by atomic mass is 16.5. The number of aromatic nitrogens is 2. The highest BCUT2D eigenvalue weighted by Crippen LogP contribution is 2.31. The van der Waals surface area contributed by atoms with Crippen LogP contribution in [0, 0.1) is 6.07 Å². The maximum Gasteiger partial charge on any atom is 0.159 e. The van der Waals surface area contributed by atoms with Crippen molar-refractivity contribution in [2.24, 2.45) is 0 Å². The van der Waals surface area contributed by atoms with Crippen LogP contribution in [0.3, 0.4) is 0 Å². The molecular formula is C27H28N5O2. The summed E-state index contributed by atoms with van der Waals surface area (Å²) >= 11 is 0. The van der Waals surface area contributed by atoms with Crippen molar-refractivity contribution in [3.05, 3.63) is 102 Å². The van der Waals surface area contributed by atoms with Gasteiger partial charge in [0.05, 0.1) is 6.61 Å². The molecule has 7 nitrogen and oxygen atoms in total. The van der Waals surface area contributed by atoms with Crippen LogP contribution in [0.1, 0.15) is 11.1 Å². The van der Waals surface area contributed by atoms with Crippen LogP contribution >= 0.6 is 0 Å². The van der Waals surface area contributed by atoms with E-state index in [-0.39, 0.29) is 0 Å². The van der Waals surface area contributed by atoms with E-state index in [0.717, 1.165) is 5.69 Å². The Kier molecular flexibility index (Phi) is 7.92. The van der Waals surface area contributed by atoms with Crippen molar-refractivity contribution in [2.75, 3.05) is 36.3 Å². The number of hydrogen-bond donors (Lipinski definition) is 2. The van der Waals surface area contributed by atoms with Gasteiger partial charge in [-0.3, -0.25) is 0 Å². The fourth-order valence-corrected chi connectivity index (χ4v) is 3.54. The molecule has 0 unspecified atom stereocenters. The Bertz CT molecular complexity index is 1130. The second-order valence-electron chi connectivity index (χ2n) is 7.71. The number of ether oxygens (including phenoxy) is 2. The monoisotopic (exact) mass is 454 g/mol. The zero-order valence-corrected chi connectivity index (χ0v) is 19.1. The molecule has 0 fully saturated rings. The van der Waals surface area contributed by atoms with Gasteiger partial charge in [-0.25, -0.2) is 9.97 Å². The molecule has 34 heavy (non-hydrogen) atoms. The first-order valence-corrected chi connectivity index (χ1v) is 11.1. The zero-order valence-electron chi connectivity index (χ0n) is 19.1. The first-order chi connectivity index (χ1) is 16.7. The SMILES string of the molecule is COCCOc1c[c]cc(Nc2ncnc(N(Cc3ccccc3)Cc3ccccc3)c2N)c1. The Morgan fingerprint density at radius 1 is 0.912 bits per heavy atom. The van der Waals surface area contributed by atoms with Crippen LogP contribution in [0.5, 0.6) is 5.75 Å². The van der Waals surface area contributed by atoms with Crippen molar-refractivity contribution in [1.29, 1.82) is 0 Å². The number of anilines is 4. The van der Waals surface area contributed by atoms with Crippen LogP contribution in [0.25, 0.3) is 0 Å². The van der Waals surface area contributed by atoms with Gasteiger partial charge < -0.3 is 25.4 Å². The third-order valence-corrected chi connectivity index (χ3v) is 5.18. The third-order valence-electron chi connectivity index (χ3n) is 5.18. The first kappa shape index (κ1) is 23.1. The molecule has 0 aliphatic carbocycles. The molecule has 0 atom stereocenters. The number of benzene rings is 3. The normalized spacial score (nSPS) is 10.6. The summed E-state index contributed by atoms with van der Waals surface area (Å²) < 4.78 is 10.7. The Balaban J connectivity index is 1.59. The number of hydrogen-bond acceptors (Lipinski definition) is 7. The summed E-state index contributed by atoms with van der Waals surface area (Å²) in [6, 6.07) is 29.1. The average Bonchev–Trinajstić information content (AvgIpc) is 2.87. The van der Waals surface area contributed by atoms with Gasteiger partial charge in [0.2, 0.25) is 0 Å². The summed E-state index contributed by atoms with van der Waals surface area (Å²) in [5.41, 5.74) is 10.2. The fourth-order valence-electron chi connectivity index (χ4n) is 3.54. The number of nitrogens with two attached hydrogens (primary N) is 1. The van der Waals surface area contributed by atoms with Gasteiger partial charge in [0, 0.05) is 32.0 Å². The summed E-state index contributed by atoms with van der Waals surface area (Å²) in [7, 11) is 1.64. The molecule has 0 saturated carbocycles. The summed E-state index contributed by atoms with van der Waals surface area (Å²) in [6.45, 7) is 2.29. The number of rotatable bonds is 11. The predicted octanol–water partition coefficient (Wildman–Crippen LogP) is 4.83. The molecule has 3 aromatic carbocycles. The highest BCUT2D eigenvalue weighted by molar-refractivity contribution is 5.78. The van der Waals surface area contributed by atoms with Crippen LogP contribution in [-0.4, -0.2) is 30.3 Å². The highest BCUT2D eigenvalue weighted by Gasteiger charge is 2.17. The van der Waals surface area contributed by atoms with Gasteiger partial charge in [-0.15, -0.1) is 0 Å². The standard InChI is InChI=1S/C27H28N5O2/c1-33-15-16-34-24-14-8-13-23(17-24)31-26-25(28)27(30-20-29-26)32(18-21-9-4-2-5-10-21)19-22-11-6-3-7-12-22/h2-7,9-14,17,20H,15-16,18-19,28H2,1H3,(H,29,30,31). The summed E-state index contributed by atoms with van der Waals surface area (Å²) in [4.78, 5) is 11.1. The molecule has 3 N–H and O–H groups in total. The van der Waals surface area contributed by atoms with Crippen molar-refractivity contribution >= 4 is 23.0 Å². The van der Waals surface area contributed by atoms with Gasteiger partial charge in [0.25, 0.3) is 0 Å². The Labute approximate surface area is 200 Å². The topological polar surface area (TPSA) is 85.5 Å². The van der Waals surface area contributed by atoms with Crippen molar-refractivity contribution in [2.45, 2.75) is 13.1 Å². The smallest absolute Gasteiger partial charge is 0.159 e. The van der Waals surface area contributed by atoms with Crippen molar-refractivity contribution in [1.82, 2.24) is 9.97 Å². The molecule has 4 aromatic rings. The minimum Gasteiger partial charge on any atom is -0.491 e. The van der Waals surface area contributed by atoms with Crippen molar-refractivity contribution < 1.29 is 9.47 Å². The second-order valence-corrected chi connectivity index (χ2v) is 7.71. The molecule has 1 heterocycles. The van der Waals surface area contributed by atoms with Crippen LogP contribution in [0.2, 0.25) is 0 Å². The maximum absolute atomic E-state index is 6.59. The molecule has 4 rings (SSSR count). The molecule has 0 amide bonds. The number of nitrogens with one attached hydrogen (secondary N) is 1. The lowest BCUT2D eigenvalue weighted by Crippen LogP contribution is -2.24.